The predicted molar refractivity (Wildman–Crippen MR) is 46.2 cm³/mol. The molecule has 1 N–H and O–H groups in total. The van der Waals surface area contributed by atoms with Crippen molar-refractivity contribution in [1.29, 1.82) is 0 Å². The molecule has 9 heavy (non-hydrogen) atoms. The minimum atomic E-state index is -0.983. The smallest absolute Gasteiger partial charge is 0.0739 e. The monoisotopic (exact) mass is 143 g/mol. The van der Waals surface area contributed by atoms with Crippen LogP contribution in [-0.2, 0) is 0 Å². The van der Waals surface area contributed by atoms with Gasteiger partial charge in [-0.1, -0.05) is 24.8 Å². The number of allylic oxidation sites excluding steroid dienone is 1. The van der Waals surface area contributed by atoms with Crippen LogP contribution in [0.5, 0.6) is 0 Å². The fraction of sp³-hybridized carbons (Fsp3) is 0.714. The van der Waals surface area contributed by atoms with Gasteiger partial charge in [-0.25, -0.2) is 0 Å². The molecule has 0 radical (unpaired) electrons. The van der Waals surface area contributed by atoms with Crippen molar-refractivity contribution in [3.05, 3.63) is 11.4 Å². The predicted octanol–water partition coefficient (Wildman–Crippen LogP) is 1.99. The van der Waals surface area contributed by atoms with Gasteiger partial charge in [-0.05, 0) is 13.1 Å². The third-order valence-electron chi connectivity index (χ3n) is 1.54. The maximum atomic E-state index is 3.05. The van der Waals surface area contributed by atoms with Crippen molar-refractivity contribution in [1.82, 2.24) is 5.32 Å². The summed E-state index contributed by atoms with van der Waals surface area (Å²) in [4.78, 5) is 0. The van der Waals surface area contributed by atoms with E-state index in [2.05, 4.69) is 38.1 Å². The van der Waals surface area contributed by atoms with Gasteiger partial charge in [0.25, 0.3) is 0 Å². The zero-order valence-corrected chi connectivity index (χ0v) is 8.08. The maximum Gasteiger partial charge on any atom is 0.0739 e. The summed E-state index contributed by atoms with van der Waals surface area (Å²) in [5.41, 5.74) is 0. The minimum absolute atomic E-state index is 0.983. The Bertz CT molecular complexity index is 111. The highest BCUT2D eigenvalue weighted by atomic mass is 28.3. The summed E-state index contributed by atoms with van der Waals surface area (Å²) >= 11 is 0. The Kier molecular flexibility index (Phi) is 2.98. The number of rotatable bonds is 2. The second-order valence-electron chi connectivity index (χ2n) is 3.37. The van der Waals surface area contributed by atoms with E-state index in [1.54, 1.807) is 0 Å². The van der Waals surface area contributed by atoms with E-state index in [0.29, 0.717) is 0 Å². The minimum Gasteiger partial charge on any atom is -0.394 e. The molecule has 0 aliphatic carbocycles. The highest BCUT2D eigenvalue weighted by molar-refractivity contribution is 6.82. The van der Waals surface area contributed by atoms with Crippen LogP contribution < -0.4 is 5.32 Å². The molecular weight excluding hydrogens is 126 g/mol. The molecule has 0 spiro atoms. The van der Waals surface area contributed by atoms with Crippen molar-refractivity contribution in [3.63, 3.8) is 0 Å². The topological polar surface area (TPSA) is 12.0 Å². The van der Waals surface area contributed by atoms with Crippen LogP contribution in [-0.4, -0.2) is 15.1 Å². The lowest BCUT2D eigenvalue weighted by Crippen LogP contribution is -2.23. The van der Waals surface area contributed by atoms with Gasteiger partial charge in [0.2, 0.25) is 0 Å². The lowest BCUT2D eigenvalue weighted by atomic mass is 10.7. The first-order chi connectivity index (χ1) is 3.98. The molecule has 0 saturated heterocycles. The fourth-order valence-electron chi connectivity index (χ4n) is 0.433. The van der Waals surface area contributed by atoms with E-state index >= 15 is 0 Å². The van der Waals surface area contributed by atoms with Gasteiger partial charge in [-0.15, -0.1) is 0 Å². The van der Waals surface area contributed by atoms with E-state index in [1.165, 1.54) is 5.20 Å². The molecule has 0 aromatic heterocycles. The second kappa shape index (κ2) is 3.06. The standard InChI is InChI=1S/C7H17NSi/c1-7(6-8-2)9(3,4)5/h6,8H,1-5H3/b7-6+. The van der Waals surface area contributed by atoms with Gasteiger partial charge in [-0.3, -0.25) is 0 Å². The third-order valence-corrected chi connectivity index (χ3v) is 4.05. The Balaban J connectivity index is 4.03. The molecule has 0 bridgehead atoms. The molecule has 0 saturated carbocycles. The first-order valence-electron chi connectivity index (χ1n) is 3.33. The quantitative estimate of drug-likeness (QED) is 0.583. The van der Waals surface area contributed by atoms with Crippen LogP contribution >= 0.6 is 0 Å². The zero-order chi connectivity index (χ0) is 7.49. The van der Waals surface area contributed by atoms with E-state index in [4.69, 9.17) is 0 Å². The Hall–Kier alpha value is -0.243. The molecule has 2 heteroatoms. The summed E-state index contributed by atoms with van der Waals surface area (Å²) in [5, 5.41) is 4.57. The third kappa shape index (κ3) is 3.35. The van der Waals surface area contributed by atoms with Gasteiger partial charge >= 0.3 is 0 Å². The number of hydrogen-bond acceptors (Lipinski definition) is 1. The van der Waals surface area contributed by atoms with Crippen LogP contribution in [0.25, 0.3) is 0 Å². The van der Waals surface area contributed by atoms with Gasteiger partial charge in [-0.2, -0.15) is 0 Å². The average Bonchev–Trinajstić information content (AvgIpc) is 1.64. The van der Waals surface area contributed by atoms with Crippen molar-refractivity contribution in [2.24, 2.45) is 0 Å². The molecule has 0 fully saturated rings. The summed E-state index contributed by atoms with van der Waals surface area (Å²) < 4.78 is 0. The average molecular weight is 143 g/mol. The Morgan fingerprint density at radius 2 is 1.78 bits per heavy atom. The summed E-state index contributed by atoms with van der Waals surface area (Å²) in [6, 6.07) is 0. The maximum absolute atomic E-state index is 3.05. The van der Waals surface area contributed by atoms with Gasteiger partial charge in [0.15, 0.2) is 0 Å². The molecule has 0 aromatic rings. The number of hydrogen-bond donors (Lipinski definition) is 1. The zero-order valence-electron chi connectivity index (χ0n) is 7.08. The Morgan fingerprint density at radius 3 is 1.89 bits per heavy atom. The van der Waals surface area contributed by atoms with Gasteiger partial charge in [0, 0.05) is 7.05 Å². The van der Waals surface area contributed by atoms with E-state index in [1.807, 2.05) is 7.05 Å². The largest absolute Gasteiger partial charge is 0.394 e. The molecule has 0 heterocycles. The van der Waals surface area contributed by atoms with Crippen molar-refractivity contribution < 1.29 is 0 Å². The lowest BCUT2D eigenvalue weighted by Gasteiger charge is -2.16. The first kappa shape index (κ1) is 8.76. The molecule has 0 aliphatic rings. The van der Waals surface area contributed by atoms with Gasteiger partial charge in [0.05, 0.1) is 8.07 Å². The van der Waals surface area contributed by atoms with Crippen LogP contribution in [0, 0.1) is 0 Å². The normalized spacial score (nSPS) is 13.7. The molecule has 0 unspecified atom stereocenters. The van der Waals surface area contributed by atoms with Crippen molar-refractivity contribution >= 4 is 8.07 Å². The van der Waals surface area contributed by atoms with E-state index in [0.717, 1.165) is 0 Å². The molecule has 0 atom stereocenters. The molecule has 1 nitrogen and oxygen atoms in total. The Labute approximate surface area is 59.2 Å². The highest BCUT2D eigenvalue weighted by Crippen LogP contribution is 2.11. The van der Waals surface area contributed by atoms with Crippen LogP contribution in [0.4, 0.5) is 0 Å². The van der Waals surface area contributed by atoms with Crippen molar-refractivity contribution in [2.45, 2.75) is 26.6 Å². The molecule has 54 valence electrons. The highest BCUT2D eigenvalue weighted by Gasteiger charge is 2.14. The fourth-order valence-corrected chi connectivity index (χ4v) is 1.01. The Morgan fingerprint density at radius 1 is 1.33 bits per heavy atom. The van der Waals surface area contributed by atoms with Crippen LogP contribution in [0.1, 0.15) is 6.92 Å². The summed E-state index contributed by atoms with van der Waals surface area (Å²) in [7, 11) is 0.965. The van der Waals surface area contributed by atoms with Crippen LogP contribution in [0.3, 0.4) is 0 Å². The van der Waals surface area contributed by atoms with Crippen LogP contribution in [0.15, 0.2) is 11.4 Å². The summed E-state index contributed by atoms with van der Waals surface area (Å²) in [5.74, 6) is 0. The summed E-state index contributed by atoms with van der Waals surface area (Å²) in [6.07, 6.45) is 2.10. The second-order valence-corrected chi connectivity index (χ2v) is 8.65. The van der Waals surface area contributed by atoms with Gasteiger partial charge in [0.1, 0.15) is 0 Å². The first-order valence-corrected chi connectivity index (χ1v) is 6.83. The van der Waals surface area contributed by atoms with E-state index in [-0.39, 0.29) is 0 Å². The van der Waals surface area contributed by atoms with E-state index in [9.17, 15) is 0 Å². The molecular formula is C7H17NSi. The van der Waals surface area contributed by atoms with E-state index < -0.39 is 8.07 Å². The molecule has 0 aromatic carbocycles. The molecule has 0 aliphatic heterocycles. The number of nitrogens with one attached hydrogen (secondary N) is 1. The molecule has 0 amide bonds. The van der Waals surface area contributed by atoms with Crippen molar-refractivity contribution in [3.8, 4) is 0 Å². The SMILES string of the molecule is CN/C=C(\C)[Si](C)(C)C. The van der Waals surface area contributed by atoms with Crippen molar-refractivity contribution in [2.75, 3.05) is 7.05 Å². The lowest BCUT2D eigenvalue weighted by molar-refractivity contribution is 1.09. The summed E-state index contributed by atoms with van der Waals surface area (Å²) in [6.45, 7) is 9.23. The molecule has 0 rings (SSSR count). The van der Waals surface area contributed by atoms with Gasteiger partial charge < -0.3 is 5.32 Å². The van der Waals surface area contributed by atoms with Crippen LogP contribution in [0.2, 0.25) is 19.6 Å².